The quantitative estimate of drug-likeness (QED) is 0.762. The van der Waals surface area contributed by atoms with Crippen LogP contribution in [0.25, 0.3) is 0 Å². The van der Waals surface area contributed by atoms with E-state index >= 15 is 0 Å². The SMILES string of the molecule is CC(C)C1CCC(N(C=O)C(Cc2ccc(F)cc2F)C(=O)O)CC1. The zero-order valence-corrected chi connectivity index (χ0v) is 14.6. The summed E-state index contributed by atoms with van der Waals surface area (Å²) < 4.78 is 26.9. The summed E-state index contributed by atoms with van der Waals surface area (Å²) in [7, 11) is 0. The molecule has 1 fully saturated rings. The average molecular weight is 353 g/mol. The summed E-state index contributed by atoms with van der Waals surface area (Å²) in [6.07, 6.45) is 3.77. The number of benzene rings is 1. The van der Waals surface area contributed by atoms with Gasteiger partial charge in [-0.2, -0.15) is 0 Å². The van der Waals surface area contributed by atoms with Crippen LogP contribution in [0.1, 0.15) is 45.1 Å². The number of carbonyl (C=O) groups is 2. The van der Waals surface area contributed by atoms with E-state index in [1.54, 1.807) is 0 Å². The molecular formula is C19H25F2NO3. The minimum Gasteiger partial charge on any atom is -0.480 e. The van der Waals surface area contributed by atoms with Crippen LogP contribution in [0, 0.1) is 23.5 Å². The van der Waals surface area contributed by atoms with E-state index in [9.17, 15) is 23.5 Å². The minimum absolute atomic E-state index is 0.0940. The van der Waals surface area contributed by atoms with Gasteiger partial charge in [-0.15, -0.1) is 0 Å². The summed E-state index contributed by atoms with van der Waals surface area (Å²) in [6, 6.07) is 1.75. The Bertz CT molecular complexity index is 613. The van der Waals surface area contributed by atoms with Crippen LogP contribution in [0.5, 0.6) is 0 Å². The molecule has 0 bridgehead atoms. The Morgan fingerprint density at radius 2 is 1.92 bits per heavy atom. The highest BCUT2D eigenvalue weighted by atomic mass is 19.1. The zero-order chi connectivity index (χ0) is 18.6. The molecule has 0 saturated heterocycles. The predicted molar refractivity (Wildman–Crippen MR) is 90.0 cm³/mol. The fraction of sp³-hybridized carbons (Fsp3) is 0.579. The Balaban J connectivity index is 2.14. The lowest BCUT2D eigenvalue weighted by atomic mass is 9.79. The third-order valence-electron chi connectivity index (χ3n) is 5.30. The van der Waals surface area contributed by atoms with Gasteiger partial charge < -0.3 is 10.0 Å². The molecule has 1 saturated carbocycles. The van der Waals surface area contributed by atoms with Crippen LogP contribution >= 0.6 is 0 Å². The van der Waals surface area contributed by atoms with E-state index < -0.39 is 23.6 Å². The van der Waals surface area contributed by atoms with Crippen molar-refractivity contribution in [1.82, 2.24) is 4.90 Å². The van der Waals surface area contributed by atoms with Crippen molar-refractivity contribution in [2.24, 2.45) is 11.8 Å². The summed E-state index contributed by atoms with van der Waals surface area (Å²) in [5.74, 6) is -1.54. The largest absolute Gasteiger partial charge is 0.480 e. The van der Waals surface area contributed by atoms with Crippen molar-refractivity contribution in [1.29, 1.82) is 0 Å². The summed E-state index contributed by atoms with van der Waals surface area (Å²) in [5, 5.41) is 9.56. The number of hydrogen-bond acceptors (Lipinski definition) is 2. The van der Waals surface area contributed by atoms with Crippen molar-refractivity contribution in [3.05, 3.63) is 35.4 Å². The predicted octanol–water partition coefficient (Wildman–Crippen LogP) is 3.63. The summed E-state index contributed by atoms with van der Waals surface area (Å²) in [4.78, 5) is 24.6. The van der Waals surface area contributed by atoms with Crippen LogP contribution in [-0.2, 0) is 16.0 Å². The van der Waals surface area contributed by atoms with Crippen LogP contribution in [0.15, 0.2) is 18.2 Å². The van der Waals surface area contributed by atoms with Crippen molar-refractivity contribution < 1.29 is 23.5 Å². The average Bonchev–Trinajstić information content (AvgIpc) is 2.56. The van der Waals surface area contributed by atoms with Gasteiger partial charge in [0.2, 0.25) is 6.41 Å². The number of hydrogen-bond donors (Lipinski definition) is 1. The van der Waals surface area contributed by atoms with Gasteiger partial charge in [-0.3, -0.25) is 4.79 Å². The number of nitrogens with zero attached hydrogens (tertiary/aromatic N) is 1. The number of halogens is 2. The second kappa shape index (κ2) is 8.41. The highest BCUT2D eigenvalue weighted by molar-refractivity contribution is 5.77. The van der Waals surface area contributed by atoms with Crippen LogP contribution < -0.4 is 0 Å². The molecule has 1 aliphatic carbocycles. The second-order valence-electron chi connectivity index (χ2n) is 7.16. The number of carboxylic acid groups (broad SMARTS) is 1. The monoisotopic (exact) mass is 353 g/mol. The molecule has 1 amide bonds. The van der Waals surface area contributed by atoms with Gasteiger partial charge in [0.15, 0.2) is 0 Å². The number of carboxylic acids is 1. The molecule has 2 rings (SSSR count). The highest BCUT2D eigenvalue weighted by Gasteiger charge is 2.34. The maximum atomic E-state index is 13.9. The van der Waals surface area contributed by atoms with Gasteiger partial charge in [-0.25, -0.2) is 13.6 Å². The fourth-order valence-electron chi connectivity index (χ4n) is 3.70. The number of carbonyl (C=O) groups excluding carboxylic acids is 1. The maximum absolute atomic E-state index is 13.9. The van der Waals surface area contributed by atoms with E-state index in [4.69, 9.17) is 0 Å². The van der Waals surface area contributed by atoms with Gasteiger partial charge in [0, 0.05) is 18.5 Å². The molecule has 1 aromatic rings. The van der Waals surface area contributed by atoms with Gasteiger partial charge in [-0.1, -0.05) is 19.9 Å². The Morgan fingerprint density at radius 3 is 2.40 bits per heavy atom. The van der Waals surface area contributed by atoms with E-state index in [0.29, 0.717) is 18.2 Å². The summed E-state index contributed by atoms with van der Waals surface area (Å²) >= 11 is 0. The molecule has 1 aliphatic rings. The van der Waals surface area contributed by atoms with Gasteiger partial charge in [0.1, 0.15) is 17.7 Å². The first-order valence-electron chi connectivity index (χ1n) is 8.73. The van der Waals surface area contributed by atoms with Crippen molar-refractivity contribution in [3.63, 3.8) is 0 Å². The molecule has 0 aliphatic heterocycles. The molecule has 1 aromatic carbocycles. The topological polar surface area (TPSA) is 57.6 Å². The first-order chi connectivity index (χ1) is 11.8. The van der Waals surface area contributed by atoms with Gasteiger partial charge in [0.25, 0.3) is 0 Å². The van der Waals surface area contributed by atoms with Crippen molar-refractivity contribution in [2.45, 2.75) is 58.0 Å². The minimum atomic E-state index is -1.18. The van der Waals surface area contributed by atoms with Crippen LogP contribution in [0.2, 0.25) is 0 Å². The lowest BCUT2D eigenvalue weighted by Crippen LogP contribution is -2.49. The molecule has 25 heavy (non-hydrogen) atoms. The molecule has 1 N–H and O–H groups in total. The molecule has 138 valence electrons. The lowest BCUT2D eigenvalue weighted by molar-refractivity contribution is -0.148. The summed E-state index contributed by atoms with van der Waals surface area (Å²) in [6.45, 7) is 4.33. The van der Waals surface area contributed by atoms with Crippen molar-refractivity contribution in [3.8, 4) is 0 Å². The van der Waals surface area contributed by atoms with Gasteiger partial charge >= 0.3 is 5.97 Å². The first kappa shape index (κ1) is 19.3. The molecule has 6 heteroatoms. The standard InChI is InChI=1S/C19H25F2NO3/c1-12(2)13-4-7-16(8-5-13)22(11-23)18(19(24)25)9-14-3-6-15(20)10-17(14)21/h3,6,10-13,16,18H,4-5,7-9H2,1-2H3,(H,24,25). The van der Waals surface area contributed by atoms with Gasteiger partial charge in [-0.05, 0) is 49.1 Å². The third-order valence-corrected chi connectivity index (χ3v) is 5.30. The van der Waals surface area contributed by atoms with Crippen LogP contribution in [0.4, 0.5) is 8.78 Å². The Morgan fingerprint density at radius 1 is 1.28 bits per heavy atom. The molecular weight excluding hydrogens is 328 g/mol. The molecule has 1 unspecified atom stereocenters. The Hall–Kier alpha value is -1.98. The van der Waals surface area contributed by atoms with Crippen LogP contribution in [0.3, 0.4) is 0 Å². The van der Waals surface area contributed by atoms with Crippen molar-refractivity contribution in [2.75, 3.05) is 0 Å². The summed E-state index contributed by atoms with van der Waals surface area (Å²) in [5.41, 5.74) is 0.0940. The molecule has 0 aromatic heterocycles. The maximum Gasteiger partial charge on any atom is 0.326 e. The van der Waals surface area contributed by atoms with Gasteiger partial charge in [0.05, 0.1) is 0 Å². The number of rotatable bonds is 7. The Labute approximate surface area is 146 Å². The fourth-order valence-corrected chi connectivity index (χ4v) is 3.70. The lowest BCUT2D eigenvalue weighted by Gasteiger charge is -2.38. The molecule has 0 radical (unpaired) electrons. The first-order valence-corrected chi connectivity index (χ1v) is 8.73. The van der Waals surface area contributed by atoms with E-state index in [2.05, 4.69) is 13.8 Å². The Kier molecular flexibility index (Phi) is 6.51. The van der Waals surface area contributed by atoms with E-state index in [-0.39, 0.29) is 18.0 Å². The third kappa shape index (κ3) is 4.77. The molecule has 1 atom stereocenters. The molecule has 0 heterocycles. The van der Waals surface area contributed by atoms with E-state index in [1.807, 2.05) is 0 Å². The van der Waals surface area contributed by atoms with E-state index in [0.717, 1.165) is 37.8 Å². The van der Waals surface area contributed by atoms with E-state index in [1.165, 1.54) is 11.0 Å². The molecule has 4 nitrogen and oxygen atoms in total. The number of aliphatic carboxylic acids is 1. The zero-order valence-electron chi connectivity index (χ0n) is 14.6. The molecule has 0 spiro atoms. The second-order valence-corrected chi connectivity index (χ2v) is 7.16. The normalized spacial score (nSPS) is 21.8. The number of amides is 1. The van der Waals surface area contributed by atoms with Crippen LogP contribution in [-0.4, -0.2) is 34.5 Å². The smallest absolute Gasteiger partial charge is 0.326 e. The highest BCUT2D eigenvalue weighted by Crippen LogP contribution is 2.33. The van der Waals surface area contributed by atoms with Crippen molar-refractivity contribution >= 4 is 12.4 Å².